The van der Waals surface area contributed by atoms with Gasteiger partial charge in [0.05, 0.1) is 11.9 Å². The Morgan fingerprint density at radius 1 is 0.875 bits per heavy atom. The van der Waals surface area contributed by atoms with Gasteiger partial charge in [0.15, 0.2) is 0 Å². The van der Waals surface area contributed by atoms with Crippen molar-refractivity contribution in [3.63, 3.8) is 0 Å². The summed E-state index contributed by atoms with van der Waals surface area (Å²) in [5.74, 6) is 0.482. The molecule has 0 unspecified atom stereocenters. The zero-order valence-electron chi connectivity index (χ0n) is 12.9. The molecule has 3 rings (SSSR count). The van der Waals surface area contributed by atoms with Crippen LogP contribution in [0.25, 0.3) is 0 Å². The zero-order valence-corrected chi connectivity index (χ0v) is 12.9. The van der Waals surface area contributed by atoms with Gasteiger partial charge < -0.3 is 10.6 Å². The molecule has 2 aromatic heterocycles. The van der Waals surface area contributed by atoms with Gasteiger partial charge in [0.1, 0.15) is 5.82 Å². The maximum absolute atomic E-state index is 11.9. The highest BCUT2D eigenvalue weighted by Gasteiger charge is 2.03. The highest BCUT2D eigenvalue weighted by molar-refractivity contribution is 5.99. The van der Waals surface area contributed by atoms with Crippen LogP contribution in [0.3, 0.4) is 0 Å². The van der Waals surface area contributed by atoms with Crippen molar-refractivity contribution in [1.29, 1.82) is 0 Å². The number of carbonyl (C=O) groups excluding carboxylic acids is 1. The molecule has 0 aliphatic heterocycles. The second kappa shape index (κ2) is 7.73. The number of hydrogen-bond acceptors (Lipinski definition) is 4. The molecule has 6 heteroatoms. The van der Waals surface area contributed by atoms with E-state index in [4.69, 9.17) is 0 Å². The Hall–Kier alpha value is -3.41. The third kappa shape index (κ3) is 4.54. The normalized spacial score (nSPS) is 10.0. The highest BCUT2D eigenvalue weighted by atomic mass is 16.2. The minimum absolute atomic E-state index is 0.329. The van der Waals surface area contributed by atoms with Gasteiger partial charge in [0, 0.05) is 24.6 Å². The first-order chi connectivity index (χ1) is 11.8. The Morgan fingerprint density at radius 2 is 1.75 bits per heavy atom. The average Bonchev–Trinajstić information content (AvgIpc) is 2.63. The molecular weight excluding hydrogens is 302 g/mol. The fourth-order valence-corrected chi connectivity index (χ4v) is 2.08. The van der Waals surface area contributed by atoms with Crippen LogP contribution in [0.4, 0.5) is 22.0 Å². The molecule has 0 saturated carbocycles. The van der Waals surface area contributed by atoms with Gasteiger partial charge in [-0.3, -0.25) is 10.3 Å². The summed E-state index contributed by atoms with van der Waals surface area (Å²) < 4.78 is 0. The lowest BCUT2D eigenvalue weighted by atomic mass is 10.3. The number of nitrogens with one attached hydrogen (secondary N) is 3. The molecule has 120 valence electrons. The Kier molecular flexibility index (Phi) is 4.99. The summed E-state index contributed by atoms with van der Waals surface area (Å²) in [6.07, 6.45) is 5.23. The first kappa shape index (κ1) is 15.5. The summed E-state index contributed by atoms with van der Waals surface area (Å²) in [4.78, 5) is 20.2. The van der Waals surface area contributed by atoms with Crippen LogP contribution in [0.1, 0.15) is 5.56 Å². The van der Waals surface area contributed by atoms with Crippen LogP contribution in [0.5, 0.6) is 0 Å². The topological polar surface area (TPSA) is 78.9 Å². The predicted molar refractivity (Wildman–Crippen MR) is 94.9 cm³/mol. The summed E-state index contributed by atoms with van der Waals surface area (Å²) in [6.45, 7) is 0.663. The molecule has 1 aromatic carbocycles. The lowest BCUT2D eigenvalue weighted by Crippen LogP contribution is -2.19. The smallest absolute Gasteiger partial charge is 0.324 e. The maximum Gasteiger partial charge on any atom is 0.324 e. The minimum atomic E-state index is -0.329. The van der Waals surface area contributed by atoms with Crippen LogP contribution in [0, 0.1) is 0 Å². The third-order valence-corrected chi connectivity index (χ3v) is 3.26. The molecule has 0 radical (unpaired) electrons. The number of anilines is 3. The Bertz CT molecular complexity index is 776. The van der Waals surface area contributed by atoms with E-state index in [0.29, 0.717) is 12.4 Å². The van der Waals surface area contributed by atoms with Crippen molar-refractivity contribution in [2.45, 2.75) is 6.54 Å². The lowest BCUT2D eigenvalue weighted by Gasteiger charge is -2.09. The van der Waals surface area contributed by atoms with Crippen molar-refractivity contribution in [1.82, 2.24) is 9.97 Å². The molecule has 2 amide bonds. The average molecular weight is 319 g/mol. The van der Waals surface area contributed by atoms with Crippen molar-refractivity contribution < 1.29 is 4.79 Å². The fourth-order valence-electron chi connectivity index (χ4n) is 2.08. The standard InChI is InChI=1S/C18H17N5O/c24-18(22-15-6-2-1-3-7-15)23-17-9-8-16(13-21-17)20-12-14-5-4-10-19-11-14/h1-11,13,20H,12H2,(H2,21,22,23,24). The van der Waals surface area contributed by atoms with Gasteiger partial charge in [-0.1, -0.05) is 24.3 Å². The van der Waals surface area contributed by atoms with Crippen LogP contribution < -0.4 is 16.0 Å². The van der Waals surface area contributed by atoms with E-state index in [1.807, 2.05) is 54.7 Å². The summed E-state index contributed by atoms with van der Waals surface area (Å²) in [5.41, 5.74) is 2.68. The second-order valence-corrected chi connectivity index (χ2v) is 5.09. The van der Waals surface area contributed by atoms with E-state index >= 15 is 0 Å². The molecule has 0 aliphatic carbocycles. The van der Waals surface area contributed by atoms with E-state index in [1.165, 1.54) is 0 Å². The summed E-state index contributed by atoms with van der Waals surface area (Å²) >= 11 is 0. The van der Waals surface area contributed by atoms with Gasteiger partial charge in [-0.25, -0.2) is 9.78 Å². The predicted octanol–water partition coefficient (Wildman–Crippen LogP) is 3.73. The third-order valence-electron chi connectivity index (χ3n) is 3.26. The molecular formula is C18H17N5O. The van der Waals surface area contributed by atoms with Crippen molar-refractivity contribution in [2.24, 2.45) is 0 Å². The molecule has 0 saturated heterocycles. The first-order valence-electron chi connectivity index (χ1n) is 7.51. The Morgan fingerprint density at radius 3 is 2.46 bits per heavy atom. The van der Waals surface area contributed by atoms with E-state index in [9.17, 15) is 4.79 Å². The van der Waals surface area contributed by atoms with Crippen molar-refractivity contribution in [2.75, 3.05) is 16.0 Å². The van der Waals surface area contributed by atoms with E-state index in [2.05, 4.69) is 25.9 Å². The quantitative estimate of drug-likeness (QED) is 0.669. The molecule has 0 fully saturated rings. The van der Waals surface area contributed by atoms with Gasteiger partial charge in [0.25, 0.3) is 0 Å². The molecule has 0 spiro atoms. The monoisotopic (exact) mass is 319 g/mol. The number of pyridine rings is 2. The maximum atomic E-state index is 11.9. The van der Waals surface area contributed by atoms with Gasteiger partial charge in [-0.05, 0) is 35.9 Å². The van der Waals surface area contributed by atoms with Crippen LogP contribution in [0.2, 0.25) is 0 Å². The summed E-state index contributed by atoms with van der Waals surface area (Å²) in [5, 5.41) is 8.68. The van der Waals surface area contributed by atoms with Crippen LogP contribution in [0.15, 0.2) is 73.2 Å². The first-order valence-corrected chi connectivity index (χ1v) is 7.51. The van der Waals surface area contributed by atoms with Crippen LogP contribution in [-0.2, 0) is 6.54 Å². The number of urea groups is 1. The van der Waals surface area contributed by atoms with Gasteiger partial charge >= 0.3 is 6.03 Å². The molecule has 6 nitrogen and oxygen atoms in total. The minimum Gasteiger partial charge on any atom is -0.380 e. The number of nitrogens with zero attached hydrogens (tertiary/aromatic N) is 2. The molecule has 0 atom stereocenters. The number of para-hydroxylation sites is 1. The number of rotatable bonds is 5. The van der Waals surface area contributed by atoms with Gasteiger partial charge in [0.2, 0.25) is 0 Å². The molecule has 3 N–H and O–H groups in total. The number of aromatic nitrogens is 2. The van der Waals surface area contributed by atoms with Gasteiger partial charge in [-0.15, -0.1) is 0 Å². The van der Waals surface area contributed by atoms with Crippen molar-refractivity contribution in [3.8, 4) is 0 Å². The highest BCUT2D eigenvalue weighted by Crippen LogP contribution is 2.12. The van der Waals surface area contributed by atoms with Crippen LogP contribution >= 0.6 is 0 Å². The number of carbonyl (C=O) groups is 1. The van der Waals surface area contributed by atoms with Crippen LogP contribution in [-0.4, -0.2) is 16.0 Å². The van der Waals surface area contributed by atoms with E-state index in [-0.39, 0.29) is 6.03 Å². The number of hydrogen-bond donors (Lipinski definition) is 3. The van der Waals surface area contributed by atoms with E-state index < -0.39 is 0 Å². The van der Waals surface area contributed by atoms with Gasteiger partial charge in [-0.2, -0.15) is 0 Å². The molecule has 2 heterocycles. The molecule has 0 aliphatic rings. The summed E-state index contributed by atoms with van der Waals surface area (Å²) in [6, 6.07) is 16.4. The van der Waals surface area contributed by atoms with Crippen molar-refractivity contribution in [3.05, 3.63) is 78.8 Å². The van der Waals surface area contributed by atoms with E-state index in [0.717, 1.165) is 16.9 Å². The largest absolute Gasteiger partial charge is 0.380 e. The van der Waals surface area contributed by atoms with E-state index in [1.54, 1.807) is 18.5 Å². The van der Waals surface area contributed by atoms with Crippen molar-refractivity contribution >= 4 is 23.2 Å². The lowest BCUT2D eigenvalue weighted by molar-refractivity contribution is 0.262. The zero-order chi connectivity index (χ0) is 16.6. The fraction of sp³-hybridized carbons (Fsp3) is 0.0556. The number of benzene rings is 1. The molecule has 0 bridgehead atoms. The number of amides is 2. The Balaban J connectivity index is 1.51. The second-order valence-electron chi connectivity index (χ2n) is 5.09. The Labute approximate surface area is 140 Å². The molecule has 24 heavy (non-hydrogen) atoms. The molecule has 3 aromatic rings. The SMILES string of the molecule is O=C(Nc1ccccc1)Nc1ccc(NCc2cccnc2)cn1. The summed E-state index contributed by atoms with van der Waals surface area (Å²) in [7, 11) is 0.